The molecule has 1 heterocycles. The number of rotatable bonds is 2. The molecule has 104 valence electrons. The van der Waals surface area contributed by atoms with Crippen LogP contribution in [0.2, 0.25) is 0 Å². The molecule has 0 saturated carbocycles. The van der Waals surface area contributed by atoms with Crippen molar-refractivity contribution in [2.75, 3.05) is 5.73 Å². The van der Waals surface area contributed by atoms with Crippen LogP contribution in [-0.2, 0) is 6.54 Å². The van der Waals surface area contributed by atoms with E-state index < -0.39 is 0 Å². The van der Waals surface area contributed by atoms with Gasteiger partial charge in [-0.1, -0.05) is 12.1 Å². The van der Waals surface area contributed by atoms with Gasteiger partial charge in [-0.2, -0.15) is 5.26 Å². The molecule has 0 aliphatic carbocycles. The molecule has 3 rings (SSSR count). The Bertz CT molecular complexity index is 862. The average Bonchev–Trinajstić information content (AvgIpc) is 2.76. The molecule has 4 nitrogen and oxygen atoms in total. The van der Waals surface area contributed by atoms with Crippen molar-refractivity contribution in [3.63, 3.8) is 0 Å². The van der Waals surface area contributed by atoms with Gasteiger partial charge in [0.05, 0.1) is 33.7 Å². The third kappa shape index (κ3) is 2.48. The van der Waals surface area contributed by atoms with Crippen LogP contribution in [0.1, 0.15) is 11.1 Å². The molecule has 2 aromatic carbocycles. The van der Waals surface area contributed by atoms with Crippen molar-refractivity contribution >= 4 is 32.9 Å². The molecular weight excluding hydrogens is 335 g/mol. The van der Waals surface area contributed by atoms with Gasteiger partial charge in [-0.25, -0.2) is 9.37 Å². The minimum Gasteiger partial charge on any atom is -0.369 e. The molecule has 0 radical (unpaired) electrons. The lowest BCUT2D eigenvalue weighted by atomic mass is 10.1. The van der Waals surface area contributed by atoms with Gasteiger partial charge < -0.3 is 10.3 Å². The zero-order valence-electron chi connectivity index (χ0n) is 10.8. The van der Waals surface area contributed by atoms with E-state index in [4.69, 9.17) is 11.0 Å². The lowest BCUT2D eigenvalue weighted by Crippen LogP contribution is -2.04. The highest BCUT2D eigenvalue weighted by molar-refractivity contribution is 9.10. The number of benzene rings is 2. The highest BCUT2D eigenvalue weighted by atomic mass is 79.9. The molecule has 1 aromatic heterocycles. The first-order chi connectivity index (χ1) is 10.1. The molecule has 0 amide bonds. The number of imidazole rings is 1. The van der Waals surface area contributed by atoms with Gasteiger partial charge in [-0.05, 0) is 39.7 Å². The fourth-order valence-electron chi connectivity index (χ4n) is 2.17. The Morgan fingerprint density at radius 3 is 2.67 bits per heavy atom. The van der Waals surface area contributed by atoms with Crippen LogP contribution in [-0.4, -0.2) is 9.55 Å². The second-order valence-electron chi connectivity index (χ2n) is 4.62. The quantitative estimate of drug-likeness (QED) is 0.774. The first-order valence-electron chi connectivity index (χ1n) is 6.18. The van der Waals surface area contributed by atoms with Crippen LogP contribution in [0.3, 0.4) is 0 Å². The second kappa shape index (κ2) is 5.19. The Hall–Kier alpha value is -2.39. The van der Waals surface area contributed by atoms with Crippen LogP contribution in [0.25, 0.3) is 11.0 Å². The van der Waals surface area contributed by atoms with Gasteiger partial charge in [0.1, 0.15) is 5.82 Å². The largest absolute Gasteiger partial charge is 0.369 e. The van der Waals surface area contributed by atoms with E-state index in [9.17, 15) is 4.39 Å². The number of anilines is 1. The summed E-state index contributed by atoms with van der Waals surface area (Å²) < 4.78 is 15.8. The summed E-state index contributed by atoms with van der Waals surface area (Å²) in [5.41, 5.74) is 8.75. The van der Waals surface area contributed by atoms with Crippen molar-refractivity contribution in [1.29, 1.82) is 5.26 Å². The Morgan fingerprint density at radius 2 is 2.00 bits per heavy atom. The standard InChI is InChI=1S/C15H10BrFN4/c16-11-5-13-14(6-12(11)17)21(15(19)20-13)8-10-3-1-9(7-18)2-4-10/h1-6H,8H2,(H2,19,20). The molecular formula is C15H10BrFN4. The summed E-state index contributed by atoms with van der Waals surface area (Å²) in [5.74, 6) is -0.0321. The van der Waals surface area contributed by atoms with E-state index in [0.717, 1.165) is 5.56 Å². The Kier molecular flexibility index (Phi) is 3.35. The summed E-state index contributed by atoms with van der Waals surface area (Å²) >= 11 is 3.14. The molecule has 0 aliphatic heterocycles. The van der Waals surface area contributed by atoms with E-state index in [1.54, 1.807) is 22.8 Å². The molecule has 0 atom stereocenters. The van der Waals surface area contributed by atoms with E-state index >= 15 is 0 Å². The number of hydrogen-bond acceptors (Lipinski definition) is 3. The van der Waals surface area contributed by atoms with Gasteiger partial charge in [0.2, 0.25) is 5.95 Å². The second-order valence-corrected chi connectivity index (χ2v) is 5.47. The van der Waals surface area contributed by atoms with E-state index in [-0.39, 0.29) is 5.82 Å². The lowest BCUT2D eigenvalue weighted by molar-refractivity contribution is 0.622. The van der Waals surface area contributed by atoms with Crippen LogP contribution in [0.5, 0.6) is 0 Å². The van der Waals surface area contributed by atoms with Crippen LogP contribution in [0.4, 0.5) is 10.3 Å². The average molecular weight is 345 g/mol. The number of hydrogen-bond donors (Lipinski definition) is 1. The smallest absolute Gasteiger partial charge is 0.201 e. The van der Waals surface area contributed by atoms with E-state index in [1.165, 1.54) is 6.07 Å². The maximum Gasteiger partial charge on any atom is 0.201 e. The number of halogens is 2. The zero-order valence-corrected chi connectivity index (χ0v) is 12.4. The van der Waals surface area contributed by atoms with E-state index in [2.05, 4.69) is 27.0 Å². The summed E-state index contributed by atoms with van der Waals surface area (Å²) in [6.07, 6.45) is 0. The minimum absolute atomic E-state index is 0.326. The molecule has 6 heteroatoms. The topological polar surface area (TPSA) is 67.6 Å². The summed E-state index contributed by atoms with van der Waals surface area (Å²) in [7, 11) is 0. The van der Waals surface area contributed by atoms with Gasteiger partial charge in [0, 0.05) is 6.07 Å². The molecule has 3 aromatic rings. The molecule has 0 saturated heterocycles. The SMILES string of the molecule is N#Cc1ccc(Cn2c(N)nc3cc(Br)c(F)cc32)cc1. The predicted molar refractivity (Wildman–Crippen MR) is 82.1 cm³/mol. The predicted octanol–water partition coefficient (Wildman–Crippen LogP) is 3.44. The molecule has 0 fully saturated rings. The Morgan fingerprint density at radius 1 is 1.29 bits per heavy atom. The minimum atomic E-state index is -0.358. The van der Waals surface area contributed by atoms with Gasteiger partial charge in [-0.15, -0.1) is 0 Å². The van der Waals surface area contributed by atoms with Gasteiger partial charge in [0.25, 0.3) is 0 Å². The molecule has 0 unspecified atom stereocenters. The van der Waals surface area contributed by atoms with Crippen LogP contribution >= 0.6 is 15.9 Å². The first kappa shape index (κ1) is 13.6. The van der Waals surface area contributed by atoms with Crippen molar-refractivity contribution in [1.82, 2.24) is 9.55 Å². The third-order valence-corrected chi connectivity index (χ3v) is 3.85. The summed E-state index contributed by atoms with van der Waals surface area (Å²) in [4.78, 5) is 4.24. The zero-order chi connectivity index (χ0) is 15.0. The van der Waals surface area contributed by atoms with Crippen molar-refractivity contribution < 1.29 is 4.39 Å². The van der Waals surface area contributed by atoms with Crippen LogP contribution in [0, 0.1) is 17.1 Å². The number of fused-ring (bicyclic) bond motifs is 1. The fourth-order valence-corrected chi connectivity index (χ4v) is 2.50. The number of nitrogens with two attached hydrogens (primary N) is 1. The molecule has 21 heavy (non-hydrogen) atoms. The molecule has 0 bridgehead atoms. The first-order valence-corrected chi connectivity index (χ1v) is 6.97. The summed E-state index contributed by atoms with van der Waals surface area (Å²) in [5, 5.41) is 8.80. The van der Waals surface area contributed by atoms with Crippen molar-refractivity contribution in [3.8, 4) is 6.07 Å². The number of nitriles is 1. The number of aromatic nitrogens is 2. The highest BCUT2D eigenvalue weighted by Gasteiger charge is 2.12. The maximum atomic E-state index is 13.7. The monoisotopic (exact) mass is 344 g/mol. The molecule has 0 spiro atoms. The Balaban J connectivity index is 2.05. The lowest BCUT2D eigenvalue weighted by Gasteiger charge is -2.07. The summed E-state index contributed by atoms with van der Waals surface area (Å²) in [6.45, 7) is 0.467. The van der Waals surface area contributed by atoms with Crippen molar-refractivity contribution in [2.24, 2.45) is 0 Å². The fraction of sp³-hybridized carbons (Fsp3) is 0.0667. The normalized spacial score (nSPS) is 10.7. The molecule has 0 aliphatic rings. The third-order valence-electron chi connectivity index (χ3n) is 3.24. The highest BCUT2D eigenvalue weighted by Crippen LogP contribution is 2.25. The van der Waals surface area contributed by atoms with Gasteiger partial charge in [-0.3, -0.25) is 0 Å². The number of nitrogens with zero attached hydrogens (tertiary/aromatic N) is 3. The van der Waals surface area contributed by atoms with Crippen LogP contribution < -0.4 is 5.73 Å². The van der Waals surface area contributed by atoms with Gasteiger partial charge in [0.15, 0.2) is 0 Å². The summed E-state index contributed by atoms with van der Waals surface area (Å²) in [6, 6.07) is 12.3. The van der Waals surface area contributed by atoms with Crippen LogP contribution in [0.15, 0.2) is 40.9 Å². The van der Waals surface area contributed by atoms with E-state index in [1.807, 2.05) is 12.1 Å². The van der Waals surface area contributed by atoms with Crippen molar-refractivity contribution in [2.45, 2.75) is 6.54 Å². The Labute approximate surface area is 128 Å². The van der Waals surface area contributed by atoms with Crippen molar-refractivity contribution in [3.05, 3.63) is 57.8 Å². The maximum absolute atomic E-state index is 13.7. The van der Waals surface area contributed by atoms with E-state index in [0.29, 0.717) is 33.6 Å². The molecule has 2 N–H and O–H groups in total. The van der Waals surface area contributed by atoms with Gasteiger partial charge >= 0.3 is 0 Å². The number of nitrogen functional groups attached to an aromatic ring is 1.